The summed E-state index contributed by atoms with van der Waals surface area (Å²) in [4.78, 5) is 25.1. The Morgan fingerprint density at radius 1 is 0.925 bits per heavy atom. The van der Waals surface area contributed by atoms with Gasteiger partial charge in [0.2, 0.25) is 0 Å². The SMILES string of the molecule is Cc1ccccc1-n1c(Cn2nc(CN3CCN(S(C)=O)CC3)c3c(N)ncnc32)cc2cccc(C)c2c1=O. The number of rotatable bonds is 6. The highest BCUT2D eigenvalue weighted by molar-refractivity contribution is 7.81. The normalized spacial score (nSPS) is 15.7. The van der Waals surface area contributed by atoms with Crippen molar-refractivity contribution in [2.75, 3.05) is 38.2 Å². The molecule has 1 aliphatic rings. The Kier molecular flexibility index (Phi) is 6.95. The molecule has 3 aromatic heterocycles. The van der Waals surface area contributed by atoms with E-state index in [4.69, 9.17) is 10.8 Å². The molecule has 1 atom stereocenters. The monoisotopic (exact) mass is 556 g/mol. The van der Waals surface area contributed by atoms with E-state index >= 15 is 0 Å². The third-order valence-corrected chi connectivity index (χ3v) is 8.79. The topological polar surface area (TPSA) is 115 Å². The number of hydrogen-bond donors (Lipinski definition) is 1. The molecule has 0 aliphatic carbocycles. The number of fused-ring (bicyclic) bond motifs is 2. The number of aromatic nitrogens is 5. The molecule has 1 aliphatic heterocycles. The zero-order chi connectivity index (χ0) is 28.0. The summed E-state index contributed by atoms with van der Waals surface area (Å²) < 4.78 is 17.5. The number of hydrogen-bond acceptors (Lipinski definition) is 7. The molecule has 2 aromatic carbocycles. The summed E-state index contributed by atoms with van der Waals surface area (Å²) in [6.45, 7) is 7.89. The van der Waals surface area contributed by atoms with E-state index in [1.54, 1.807) is 10.8 Å². The predicted octanol–water partition coefficient (Wildman–Crippen LogP) is 2.79. The summed E-state index contributed by atoms with van der Waals surface area (Å²) in [7, 11) is -0.973. The van der Waals surface area contributed by atoms with Crippen LogP contribution in [0, 0.1) is 13.8 Å². The number of piperazine rings is 1. The van der Waals surface area contributed by atoms with Gasteiger partial charge in [-0.2, -0.15) is 5.10 Å². The lowest BCUT2D eigenvalue weighted by atomic mass is 10.1. The van der Waals surface area contributed by atoms with Crippen LogP contribution in [-0.4, -0.2) is 70.2 Å². The van der Waals surface area contributed by atoms with Gasteiger partial charge in [-0.25, -0.2) is 23.2 Å². The van der Waals surface area contributed by atoms with Crippen molar-refractivity contribution < 1.29 is 4.21 Å². The van der Waals surface area contributed by atoms with Crippen LogP contribution < -0.4 is 11.3 Å². The van der Waals surface area contributed by atoms with Crippen molar-refractivity contribution in [1.29, 1.82) is 0 Å². The lowest BCUT2D eigenvalue weighted by Crippen LogP contribution is -2.46. The molecule has 6 rings (SSSR count). The van der Waals surface area contributed by atoms with Crippen molar-refractivity contribution in [3.8, 4) is 5.69 Å². The second-order valence-electron chi connectivity index (χ2n) is 10.3. The van der Waals surface area contributed by atoms with Gasteiger partial charge in [-0.1, -0.05) is 36.4 Å². The number of aryl methyl sites for hydroxylation is 2. The molecular weight excluding hydrogens is 524 g/mol. The second-order valence-corrected chi connectivity index (χ2v) is 11.7. The molecule has 0 spiro atoms. The van der Waals surface area contributed by atoms with E-state index < -0.39 is 11.0 Å². The minimum atomic E-state index is -0.973. The number of para-hydroxylation sites is 1. The largest absolute Gasteiger partial charge is 0.383 e. The van der Waals surface area contributed by atoms with Crippen LogP contribution in [0.3, 0.4) is 0 Å². The minimum Gasteiger partial charge on any atom is -0.383 e. The fourth-order valence-corrected chi connectivity index (χ4v) is 6.30. The van der Waals surface area contributed by atoms with Crippen LogP contribution >= 0.6 is 0 Å². The van der Waals surface area contributed by atoms with E-state index in [9.17, 15) is 9.00 Å². The molecule has 10 nitrogen and oxygen atoms in total. The van der Waals surface area contributed by atoms with Crippen LogP contribution in [0.15, 0.2) is 59.7 Å². The Bertz CT molecular complexity index is 1820. The maximum absolute atomic E-state index is 14.0. The minimum absolute atomic E-state index is 0.0584. The molecule has 40 heavy (non-hydrogen) atoms. The Balaban J connectivity index is 1.46. The van der Waals surface area contributed by atoms with Crippen LogP contribution in [0.5, 0.6) is 0 Å². The quantitative estimate of drug-likeness (QED) is 0.342. The molecule has 4 heterocycles. The number of pyridine rings is 1. The fourth-order valence-electron chi connectivity index (χ4n) is 5.62. The van der Waals surface area contributed by atoms with E-state index in [0.29, 0.717) is 29.9 Å². The maximum Gasteiger partial charge on any atom is 0.263 e. The van der Waals surface area contributed by atoms with Gasteiger partial charge in [-0.15, -0.1) is 0 Å². The molecule has 0 amide bonds. The van der Waals surface area contributed by atoms with Gasteiger partial charge in [0.1, 0.15) is 12.1 Å². The average molecular weight is 557 g/mol. The van der Waals surface area contributed by atoms with Gasteiger partial charge in [0.25, 0.3) is 5.56 Å². The van der Waals surface area contributed by atoms with Crippen molar-refractivity contribution in [1.82, 2.24) is 33.5 Å². The smallest absolute Gasteiger partial charge is 0.263 e. The first kappa shape index (κ1) is 26.3. The van der Waals surface area contributed by atoms with Crippen LogP contribution in [0.2, 0.25) is 0 Å². The molecule has 206 valence electrons. The molecule has 1 saturated heterocycles. The van der Waals surface area contributed by atoms with Crippen LogP contribution in [0.1, 0.15) is 22.5 Å². The van der Waals surface area contributed by atoms with Gasteiger partial charge in [0, 0.05) is 44.7 Å². The van der Waals surface area contributed by atoms with Crippen molar-refractivity contribution in [3.05, 3.63) is 87.7 Å². The molecule has 0 radical (unpaired) electrons. The summed E-state index contributed by atoms with van der Waals surface area (Å²) in [6.07, 6.45) is 3.17. The molecular formula is C29H32N8O2S. The second kappa shape index (κ2) is 10.6. The summed E-state index contributed by atoms with van der Waals surface area (Å²) in [5, 5.41) is 7.31. The Morgan fingerprint density at radius 3 is 2.42 bits per heavy atom. The van der Waals surface area contributed by atoms with Crippen molar-refractivity contribution >= 4 is 38.6 Å². The molecule has 1 unspecified atom stereocenters. The Morgan fingerprint density at radius 2 is 1.68 bits per heavy atom. The number of benzene rings is 2. The lowest BCUT2D eigenvalue weighted by Gasteiger charge is -2.32. The van der Waals surface area contributed by atoms with E-state index in [0.717, 1.165) is 65.2 Å². The zero-order valence-electron chi connectivity index (χ0n) is 22.9. The highest BCUT2D eigenvalue weighted by Crippen LogP contribution is 2.26. The summed E-state index contributed by atoms with van der Waals surface area (Å²) in [6, 6.07) is 15.9. The Hall–Kier alpha value is -3.93. The first-order chi connectivity index (χ1) is 19.3. The first-order valence-electron chi connectivity index (χ1n) is 13.3. The highest BCUT2D eigenvalue weighted by Gasteiger charge is 2.24. The molecule has 11 heteroatoms. The third kappa shape index (κ3) is 4.70. The van der Waals surface area contributed by atoms with Gasteiger partial charge in [0.05, 0.1) is 39.7 Å². The Labute approximate surface area is 234 Å². The van der Waals surface area contributed by atoms with E-state index in [1.165, 1.54) is 6.33 Å². The lowest BCUT2D eigenvalue weighted by molar-refractivity contribution is 0.184. The van der Waals surface area contributed by atoms with Gasteiger partial charge < -0.3 is 5.73 Å². The highest BCUT2D eigenvalue weighted by atomic mass is 32.2. The van der Waals surface area contributed by atoms with Crippen molar-refractivity contribution in [2.45, 2.75) is 26.9 Å². The summed E-state index contributed by atoms with van der Waals surface area (Å²) >= 11 is 0. The van der Waals surface area contributed by atoms with E-state index in [1.807, 2.05) is 65.3 Å². The van der Waals surface area contributed by atoms with E-state index in [2.05, 4.69) is 20.9 Å². The number of nitrogen functional groups attached to an aromatic ring is 1. The molecule has 0 saturated carbocycles. The maximum atomic E-state index is 14.0. The van der Waals surface area contributed by atoms with Gasteiger partial charge >= 0.3 is 0 Å². The van der Waals surface area contributed by atoms with Crippen molar-refractivity contribution in [2.24, 2.45) is 0 Å². The van der Waals surface area contributed by atoms with E-state index in [-0.39, 0.29) is 5.56 Å². The van der Waals surface area contributed by atoms with Gasteiger partial charge in [0.15, 0.2) is 5.65 Å². The summed E-state index contributed by atoms with van der Waals surface area (Å²) in [5.74, 6) is 0.380. The molecule has 5 aromatic rings. The molecule has 2 N–H and O–H groups in total. The predicted molar refractivity (Wildman–Crippen MR) is 159 cm³/mol. The number of anilines is 1. The van der Waals surface area contributed by atoms with Crippen molar-refractivity contribution in [3.63, 3.8) is 0 Å². The van der Waals surface area contributed by atoms with Gasteiger partial charge in [-0.05, 0) is 42.5 Å². The standard InChI is InChI=1S/C29H32N8O2S/c1-19-7-4-5-10-24(19)37-22(15-21-9-6-8-20(2)25(21)29(37)38)16-36-28-26(27(30)31-18-32-28)23(33-36)17-34-11-13-35(14-12-34)40(3)39/h4-10,15,18H,11-14,16-17H2,1-3H3,(H2,30,31,32). The van der Waals surface area contributed by atoms with Crippen LogP contribution in [0.4, 0.5) is 5.82 Å². The zero-order valence-corrected chi connectivity index (χ0v) is 23.7. The third-order valence-electron chi connectivity index (χ3n) is 7.70. The summed E-state index contributed by atoms with van der Waals surface area (Å²) in [5.41, 5.74) is 11.3. The number of nitrogens with zero attached hydrogens (tertiary/aromatic N) is 7. The van der Waals surface area contributed by atoms with Crippen LogP contribution in [-0.2, 0) is 24.1 Å². The van der Waals surface area contributed by atoms with Gasteiger partial charge in [-0.3, -0.25) is 14.3 Å². The fraction of sp³-hybridized carbons (Fsp3) is 0.310. The number of nitrogens with two attached hydrogens (primary N) is 1. The molecule has 0 bridgehead atoms. The first-order valence-corrected chi connectivity index (χ1v) is 14.8. The average Bonchev–Trinajstić information content (AvgIpc) is 3.27. The van der Waals surface area contributed by atoms with Crippen LogP contribution in [0.25, 0.3) is 27.5 Å². The molecule has 1 fully saturated rings.